The van der Waals surface area contributed by atoms with Crippen LogP contribution in [0.2, 0.25) is 0 Å². The lowest BCUT2D eigenvalue weighted by Crippen LogP contribution is -2.12. The molecule has 0 unspecified atom stereocenters. The molecule has 9 heteroatoms. The molecule has 1 amide bonds. The van der Waals surface area contributed by atoms with Crippen LogP contribution in [0.25, 0.3) is 5.82 Å². The molecule has 0 aliphatic carbocycles. The maximum Gasteiger partial charge on any atom is 0.255 e. The second-order valence-corrected chi connectivity index (χ2v) is 6.35. The maximum atomic E-state index is 12.4. The van der Waals surface area contributed by atoms with Crippen LogP contribution in [0.4, 0.5) is 17.2 Å². The number of anilines is 3. The zero-order valence-corrected chi connectivity index (χ0v) is 16.4. The zero-order valence-electron chi connectivity index (χ0n) is 16.4. The molecule has 150 valence electrons. The third kappa shape index (κ3) is 4.41. The van der Waals surface area contributed by atoms with Gasteiger partial charge in [-0.1, -0.05) is 0 Å². The molecule has 3 aromatic heterocycles. The molecule has 3 heterocycles. The van der Waals surface area contributed by atoms with E-state index in [9.17, 15) is 4.79 Å². The summed E-state index contributed by atoms with van der Waals surface area (Å²) >= 11 is 0. The van der Waals surface area contributed by atoms with Crippen LogP contribution in [0.1, 0.15) is 16.2 Å². The number of carbonyl (C=O) groups is 1. The number of methoxy groups -OCH3 is 1. The predicted octanol–water partition coefficient (Wildman–Crippen LogP) is 3.37. The molecule has 1 aromatic carbocycles. The van der Waals surface area contributed by atoms with Crippen LogP contribution >= 0.6 is 0 Å². The standard InChI is InChI=1S/C21H19N7O2/c1-14-24-18(13-19(25-14)28-11-3-9-23-28)26-16-4-6-17(7-5-16)27-21(29)15-8-10-22-20(12-15)30-2/h3-13H,1-2H3,(H,27,29)(H,24,25,26). The van der Waals surface area contributed by atoms with Crippen molar-refractivity contribution in [3.05, 3.63) is 78.5 Å². The summed E-state index contributed by atoms with van der Waals surface area (Å²) in [5.41, 5.74) is 1.95. The summed E-state index contributed by atoms with van der Waals surface area (Å²) < 4.78 is 6.73. The van der Waals surface area contributed by atoms with E-state index in [4.69, 9.17) is 4.74 Å². The minimum Gasteiger partial charge on any atom is -0.481 e. The number of rotatable bonds is 6. The Hall–Kier alpha value is -4.27. The summed E-state index contributed by atoms with van der Waals surface area (Å²) in [6, 6.07) is 14.2. The van der Waals surface area contributed by atoms with E-state index in [2.05, 4.69) is 30.7 Å². The zero-order chi connectivity index (χ0) is 20.9. The van der Waals surface area contributed by atoms with E-state index in [1.54, 1.807) is 35.1 Å². The van der Waals surface area contributed by atoms with Crippen molar-refractivity contribution in [2.75, 3.05) is 17.7 Å². The average Bonchev–Trinajstić information content (AvgIpc) is 3.30. The Labute approximate surface area is 172 Å². The minimum absolute atomic E-state index is 0.244. The number of aromatic nitrogens is 5. The summed E-state index contributed by atoms with van der Waals surface area (Å²) in [5, 5.41) is 10.3. The number of nitrogens with one attached hydrogen (secondary N) is 2. The normalized spacial score (nSPS) is 10.5. The molecule has 0 atom stereocenters. The van der Waals surface area contributed by atoms with Gasteiger partial charge in [-0.15, -0.1) is 0 Å². The fraction of sp³-hybridized carbons (Fsp3) is 0.0952. The lowest BCUT2D eigenvalue weighted by molar-refractivity contribution is 0.102. The SMILES string of the molecule is COc1cc(C(=O)Nc2ccc(Nc3cc(-n4cccn4)nc(C)n3)cc2)ccn1. The van der Waals surface area contributed by atoms with Crippen LogP contribution in [-0.2, 0) is 0 Å². The molecule has 9 nitrogen and oxygen atoms in total. The van der Waals surface area contributed by atoms with Crippen LogP contribution in [0, 0.1) is 6.92 Å². The molecule has 0 radical (unpaired) electrons. The summed E-state index contributed by atoms with van der Waals surface area (Å²) in [6.45, 7) is 1.82. The van der Waals surface area contributed by atoms with Gasteiger partial charge in [-0.25, -0.2) is 19.6 Å². The first-order valence-electron chi connectivity index (χ1n) is 9.15. The number of hydrogen-bond acceptors (Lipinski definition) is 7. The van der Waals surface area contributed by atoms with Gasteiger partial charge in [-0.2, -0.15) is 5.10 Å². The number of carbonyl (C=O) groups excluding carboxylic acids is 1. The fourth-order valence-corrected chi connectivity index (χ4v) is 2.79. The highest BCUT2D eigenvalue weighted by Gasteiger charge is 2.09. The summed E-state index contributed by atoms with van der Waals surface area (Å²) in [6.07, 6.45) is 5.04. The van der Waals surface area contributed by atoms with E-state index in [1.165, 1.54) is 13.3 Å². The third-order valence-electron chi connectivity index (χ3n) is 4.18. The third-order valence-corrected chi connectivity index (χ3v) is 4.18. The van der Waals surface area contributed by atoms with Crippen molar-refractivity contribution in [3.63, 3.8) is 0 Å². The Balaban J connectivity index is 1.46. The van der Waals surface area contributed by atoms with Crippen molar-refractivity contribution in [2.45, 2.75) is 6.92 Å². The van der Waals surface area contributed by atoms with Gasteiger partial charge >= 0.3 is 0 Å². The average molecular weight is 401 g/mol. The first kappa shape index (κ1) is 19.1. The van der Waals surface area contributed by atoms with E-state index in [0.29, 0.717) is 34.6 Å². The molecule has 4 aromatic rings. The molecule has 0 saturated carbocycles. The van der Waals surface area contributed by atoms with E-state index in [1.807, 2.05) is 37.4 Å². The van der Waals surface area contributed by atoms with E-state index < -0.39 is 0 Å². The molecule has 0 aliphatic heterocycles. The van der Waals surface area contributed by atoms with Crippen molar-refractivity contribution in [1.82, 2.24) is 24.7 Å². The molecule has 0 bridgehead atoms. The summed E-state index contributed by atoms with van der Waals surface area (Å²) in [7, 11) is 1.51. The Morgan fingerprint density at radius 1 is 1.03 bits per heavy atom. The second kappa shape index (κ2) is 8.39. The number of amides is 1. The molecule has 0 spiro atoms. The van der Waals surface area contributed by atoms with Gasteiger partial charge in [0.2, 0.25) is 5.88 Å². The maximum absolute atomic E-state index is 12.4. The molecule has 0 aliphatic rings. The van der Waals surface area contributed by atoms with E-state index in [-0.39, 0.29) is 5.91 Å². The number of nitrogens with zero attached hydrogens (tertiary/aromatic N) is 5. The smallest absolute Gasteiger partial charge is 0.255 e. The van der Waals surface area contributed by atoms with Gasteiger partial charge in [-0.3, -0.25) is 4.79 Å². The number of ether oxygens (including phenoxy) is 1. The van der Waals surface area contributed by atoms with E-state index >= 15 is 0 Å². The molecular formula is C21H19N7O2. The van der Waals surface area contributed by atoms with Crippen LogP contribution in [-0.4, -0.2) is 37.7 Å². The molecule has 0 fully saturated rings. The van der Waals surface area contributed by atoms with Gasteiger partial charge in [0.15, 0.2) is 5.82 Å². The van der Waals surface area contributed by atoms with Crippen LogP contribution in [0.3, 0.4) is 0 Å². The van der Waals surface area contributed by atoms with E-state index in [0.717, 1.165) is 5.69 Å². The Bertz CT molecular complexity index is 1160. The van der Waals surface area contributed by atoms with Gasteiger partial charge in [0.25, 0.3) is 5.91 Å². The lowest BCUT2D eigenvalue weighted by Gasteiger charge is -2.10. The lowest BCUT2D eigenvalue weighted by atomic mass is 10.2. The first-order chi connectivity index (χ1) is 14.6. The first-order valence-corrected chi connectivity index (χ1v) is 9.15. The highest BCUT2D eigenvalue weighted by Crippen LogP contribution is 2.20. The van der Waals surface area contributed by atoms with Gasteiger partial charge in [-0.05, 0) is 43.3 Å². The minimum atomic E-state index is -0.244. The van der Waals surface area contributed by atoms with Gasteiger partial charge in [0.05, 0.1) is 7.11 Å². The van der Waals surface area contributed by atoms with Gasteiger partial charge < -0.3 is 15.4 Å². The van der Waals surface area contributed by atoms with Gasteiger partial charge in [0, 0.05) is 47.7 Å². The molecule has 4 rings (SSSR count). The Kier molecular flexibility index (Phi) is 5.33. The van der Waals surface area contributed by atoms with Crippen LogP contribution < -0.4 is 15.4 Å². The fourth-order valence-electron chi connectivity index (χ4n) is 2.79. The number of benzene rings is 1. The number of aryl methyl sites for hydroxylation is 1. The van der Waals surface area contributed by atoms with Gasteiger partial charge in [0.1, 0.15) is 11.6 Å². The molecule has 2 N–H and O–H groups in total. The number of hydrogen-bond donors (Lipinski definition) is 2. The highest BCUT2D eigenvalue weighted by molar-refractivity contribution is 6.04. The van der Waals surface area contributed by atoms with Crippen LogP contribution in [0.5, 0.6) is 5.88 Å². The Morgan fingerprint density at radius 3 is 2.57 bits per heavy atom. The molecular weight excluding hydrogens is 382 g/mol. The summed E-state index contributed by atoms with van der Waals surface area (Å²) in [5.74, 6) is 2.09. The quantitative estimate of drug-likeness (QED) is 0.510. The van der Waals surface area contributed by atoms with Crippen LogP contribution in [0.15, 0.2) is 67.1 Å². The highest BCUT2D eigenvalue weighted by atomic mass is 16.5. The van der Waals surface area contributed by atoms with Crippen molar-refractivity contribution in [2.24, 2.45) is 0 Å². The largest absolute Gasteiger partial charge is 0.481 e. The topological polar surface area (TPSA) is 107 Å². The number of pyridine rings is 1. The van der Waals surface area contributed by atoms with Crippen molar-refractivity contribution in [1.29, 1.82) is 0 Å². The summed E-state index contributed by atoms with van der Waals surface area (Å²) in [4.78, 5) is 25.2. The van der Waals surface area contributed by atoms with Crippen molar-refractivity contribution >= 4 is 23.1 Å². The molecule has 30 heavy (non-hydrogen) atoms. The monoisotopic (exact) mass is 401 g/mol. The second-order valence-electron chi connectivity index (χ2n) is 6.35. The predicted molar refractivity (Wildman–Crippen MR) is 112 cm³/mol. The molecule has 0 saturated heterocycles. The Morgan fingerprint density at radius 2 is 1.83 bits per heavy atom. The van der Waals surface area contributed by atoms with Crippen molar-refractivity contribution in [3.8, 4) is 11.7 Å². The van der Waals surface area contributed by atoms with Crippen molar-refractivity contribution < 1.29 is 9.53 Å².